The van der Waals surface area contributed by atoms with Crippen molar-refractivity contribution in [1.29, 1.82) is 0 Å². The number of hydrogen-bond acceptors (Lipinski definition) is 5. The Hall–Kier alpha value is -3.64. The highest BCUT2D eigenvalue weighted by molar-refractivity contribution is 6.15. The minimum atomic E-state index is -0.218. The van der Waals surface area contributed by atoms with E-state index < -0.39 is 0 Å². The fourth-order valence-corrected chi connectivity index (χ4v) is 4.94. The van der Waals surface area contributed by atoms with Crippen LogP contribution in [0.3, 0.4) is 0 Å². The summed E-state index contributed by atoms with van der Waals surface area (Å²) in [7, 11) is 0. The van der Waals surface area contributed by atoms with Gasteiger partial charge in [-0.05, 0) is 53.8 Å². The number of ether oxygens (including phenoxy) is 1. The average Bonchev–Trinajstić information content (AvgIpc) is 3.19. The number of anilines is 1. The Morgan fingerprint density at radius 2 is 1.75 bits per heavy atom. The zero-order valence-corrected chi connectivity index (χ0v) is 20.9. The molecule has 0 radical (unpaired) electrons. The van der Waals surface area contributed by atoms with E-state index in [1.54, 1.807) is 24.3 Å². The third kappa shape index (κ3) is 4.61. The molecule has 0 aliphatic carbocycles. The second kappa shape index (κ2) is 9.78. The van der Waals surface area contributed by atoms with Crippen molar-refractivity contribution in [3.63, 3.8) is 0 Å². The molecule has 1 N–H and O–H groups in total. The first-order valence-corrected chi connectivity index (χ1v) is 12.4. The maximum absolute atomic E-state index is 14.2. The van der Waals surface area contributed by atoms with Crippen LogP contribution in [0.1, 0.15) is 52.4 Å². The van der Waals surface area contributed by atoms with Crippen LogP contribution in [-0.4, -0.2) is 42.0 Å². The molecule has 0 amide bonds. The predicted molar refractivity (Wildman–Crippen MR) is 140 cm³/mol. The first-order valence-electron chi connectivity index (χ1n) is 12.4. The maximum atomic E-state index is 14.2. The molecule has 3 aromatic rings. The summed E-state index contributed by atoms with van der Waals surface area (Å²) in [4.78, 5) is 17.5. The number of rotatable bonds is 5. The maximum Gasteiger partial charge on any atom is 0.232 e. The third-order valence-electron chi connectivity index (χ3n) is 7.07. The van der Waals surface area contributed by atoms with Crippen LogP contribution < -0.4 is 9.64 Å². The summed E-state index contributed by atoms with van der Waals surface area (Å²) < 4.78 is 20.3. The summed E-state index contributed by atoms with van der Waals surface area (Å²) in [5.74, 6) is 0.881. The number of benzene rings is 3. The summed E-state index contributed by atoms with van der Waals surface area (Å²) in [6, 6.07) is 16.6. The molecule has 0 aromatic heterocycles. The molecule has 0 atom stereocenters. The lowest BCUT2D eigenvalue weighted by atomic mass is 9.98. The van der Waals surface area contributed by atoms with Gasteiger partial charge in [-0.3, -0.25) is 9.69 Å². The molecule has 186 valence electrons. The highest BCUT2D eigenvalue weighted by Crippen LogP contribution is 2.42. The number of phenols is 1. The lowest BCUT2D eigenvalue weighted by Gasteiger charge is -2.36. The molecule has 5 nitrogen and oxygen atoms in total. The number of aromatic hydroxyl groups is 1. The molecular formula is C30H31FN2O3. The highest BCUT2D eigenvalue weighted by Gasteiger charge is 2.34. The first-order chi connectivity index (χ1) is 17.3. The van der Waals surface area contributed by atoms with Crippen LogP contribution in [0, 0.1) is 12.7 Å². The molecule has 2 heterocycles. The number of nitrogens with zero attached hydrogens (tertiary/aromatic N) is 2. The summed E-state index contributed by atoms with van der Waals surface area (Å²) in [5, 5.41) is 10.8. The minimum absolute atomic E-state index is 0.123. The number of para-hydroxylation sites is 1. The van der Waals surface area contributed by atoms with Crippen LogP contribution in [0.5, 0.6) is 11.5 Å². The van der Waals surface area contributed by atoms with E-state index >= 15 is 0 Å². The van der Waals surface area contributed by atoms with Gasteiger partial charge >= 0.3 is 0 Å². The smallest absolute Gasteiger partial charge is 0.232 e. The fourth-order valence-electron chi connectivity index (χ4n) is 4.94. The van der Waals surface area contributed by atoms with Gasteiger partial charge in [0.15, 0.2) is 5.76 Å². The molecule has 0 unspecified atom stereocenters. The van der Waals surface area contributed by atoms with Gasteiger partial charge in [0.25, 0.3) is 0 Å². The second-order valence-corrected chi connectivity index (χ2v) is 9.87. The van der Waals surface area contributed by atoms with Crippen LogP contribution in [0.4, 0.5) is 10.1 Å². The van der Waals surface area contributed by atoms with Crippen molar-refractivity contribution in [3.05, 3.63) is 94.0 Å². The average molecular weight is 487 g/mol. The van der Waals surface area contributed by atoms with E-state index in [4.69, 9.17) is 4.74 Å². The zero-order valence-electron chi connectivity index (χ0n) is 20.9. The van der Waals surface area contributed by atoms with E-state index in [-0.39, 0.29) is 23.1 Å². The van der Waals surface area contributed by atoms with E-state index in [9.17, 15) is 14.3 Å². The normalized spacial score (nSPS) is 17.1. The number of halogens is 1. The molecule has 3 aromatic carbocycles. The standard InChI is InChI=1S/C30H31FN2O3/c1-19(2)22-10-8-21(9-11-22)17-27-29(35)28-20(3)16-26(34)23(30(28)36-27)18-32-12-14-33(15-13-32)25-7-5-4-6-24(25)31/h4-11,16-17,19,34H,12-15,18H2,1-3H3/b27-17+. The van der Waals surface area contributed by atoms with Gasteiger partial charge in [0.1, 0.15) is 17.3 Å². The molecule has 6 heteroatoms. The van der Waals surface area contributed by atoms with Gasteiger partial charge in [0.05, 0.1) is 16.8 Å². The van der Waals surface area contributed by atoms with Crippen molar-refractivity contribution in [2.45, 2.75) is 33.2 Å². The largest absolute Gasteiger partial charge is 0.507 e. The monoisotopic (exact) mass is 486 g/mol. The summed E-state index contributed by atoms with van der Waals surface area (Å²) in [6.07, 6.45) is 1.76. The number of allylic oxidation sites excluding steroid dienone is 1. The lowest BCUT2D eigenvalue weighted by Crippen LogP contribution is -2.46. The quantitative estimate of drug-likeness (QED) is 0.455. The molecular weight excluding hydrogens is 455 g/mol. The Labute approximate surface area is 211 Å². The van der Waals surface area contributed by atoms with Crippen LogP contribution in [0.15, 0.2) is 60.4 Å². The number of ketones is 1. The summed E-state index contributed by atoms with van der Waals surface area (Å²) in [6.45, 7) is 9.31. The van der Waals surface area contributed by atoms with Crippen LogP contribution >= 0.6 is 0 Å². The lowest BCUT2D eigenvalue weighted by molar-refractivity contribution is 0.101. The molecule has 0 bridgehead atoms. The third-order valence-corrected chi connectivity index (χ3v) is 7.07. The summed E-state index contributed by atoms with van der Waals surface area (Å²) in [5.41, 5.74) is 4.56. The molecule has 36 heavy (non-hydrogen) atoms. The predicted octanol–water partition coefficient (Wildman–Crippen LogP) is 5.90. The second-order valence-electron chi connectivity index (χ2n) is 9.87. The van der Waals surface area contributed by atoms with Crippen molar-refractivity contribution < 1.29 is 19.0 Å². The molecule has 2 aliphatic heterocycles. The number of carbonyl (C=O) groups excluding carboxylic acids is 1. The SMILES string of the molecule is Cc1cc(O)c(CN2CCN(c3ccccc3F)CC2)c2c1C(=O)/C(=C\c1ccc(C(C)C)cc1)O2. The first kappa shape index (κ1) is 24.1. The number of piperazine rings is 1. The van der Waals surface area contributed by atoms with E-state index in [2.05, 4.69) is 30.9 Å². The van der Waals surface area contributed by atoms with E-state index in [0.29, 0.717) is 66.8 Å². The van der Waals surface area contributed by atoms with Crippen molar-refractivity contribution in [3.8, 4) is 11.5 Å². The van der Waals surface area contributed by atoms with E-state index in [1.165, 1.54) is 11.6 Å². The Morgan fingerprint density at radius 3 is 2.42 bits per heavy atom. The Bertz CT molecular complexity index is 1320. The van der Waals surface area contributed by atoms with Gasteiger partial charge in [0.2, 0.25) is 5.78 Å². The molecule has 1 fully saturated rings. The van der Waals surface area contributed by atoms with Crippen molar-refractivity contribution in [2.75, 3.05) is 31.1 Å². The Morgan fingerprint density at radius 1 is 1.06 bits per heavy atom. The van der Waals surface area contributed by atoms with Gasteiger partial charge in [-0.2, -0.15) is 0 Å². The number of aryl methyl sites for hydroxylation is 1. The van der Waals surface area contributed by atoms with Gasteiger partial charge in [-0.1, -0.05) is 50.2 Å². The van der Waals surface area contributed by atoms with Gasteiger partial charge in [0, 0.05) is 32.7 Å². The fraction of sp³-hybridized carbons (Fsp3) is 0.300. The van der Waals surface area contributed by atoms with Gasteiger partial charge < -0.3 is 14.7 Å². The van der Waals surface area contributed by atoms with Crippen molar-refractivity contribution >= 4 is 17.5 Å². The number of hydrogen-bond donors (Lipinski definition) is 1. The number of carbonyl (C=O) groups is 1. The molecule has 5 rings (SSSR count). The Kier molecular flexibility index (Phi) is 6.54. The van der Waals surface area contributed by atoms with Crippen molar-refractivity contribution in [2.24, 2.45) is 0 Å². The highest BCUT2D eigenvalue weighted by atomic mass is 19.1. The Balaban J connectivity index is 1.35. The van der Waals surface area contributed by atoms with Crippen LogP contribution in [-0.2, 0) is 6.54 Å². The van der Waals surface area contributed by atoms with Crippen LogP contribution in [0.25, 0.3) is 6.08 Å². The van der Waals surface area contributed by atoms with E-state index in [1.807, 2.05) is 30.0 Å². The number of fused-ring (bicyclic) bond motifs is 1. The number of Topliss-reactive ketones (excluding diaryl/α,β-unsaturated/α-hetero) is 1. The minimum Gasteiger partial charge on any atom is -0.507 e. The van der Waals surface area contributed by atoms with Crippen LogP contribution in [0.2, 0.25) is 0 Å². The number of phenolic OH excluding ortho intramolecular Hbond substituents is 1. The molecule has 1 saturated heterocycles. The van der Waals surface area contributed by atoms with Gasteiger partial charge in [-0.25, -0.2) is 4.39 Å². The van der Waals surface area contributed by atoms with E-state index in [0.717, 1.165) is 5.56 Å². The topological polar surface area (TPSA) is 53.0 Å². The summed E-state index contributed by atoms with van der Waals surface area (Å²) >= 11 is 0. The van der Waals surface area contributed by atoms with Gasteiger partial charge in [-0.15, -0.1) is 0 Å². The molecule has 0 saturated carbocycles. The molecule has 2 aliphatic rings. The zero-order chi connectivity index (χ0) is 25.4. The molecule has 0 spiro atoms. The van der Waals surface area contributed by atoms with Crippen molar-refractivity contribution in [1.82, 2.24) is 4.90 Å².